The second-order valence-electron chi connectivity index (χ2n) is 4.75. The summed E-state index contributed by atoms with van der Waals surface area (Å²) in [5, 5.41) is 8.15. The summed E-state index contributed by atoms with van der Waals surface area (Å²) in [5.74, 6) is 0.627. The summed E-state index contributed by atoms with van der Waals surface area (Å²) in [5.41, 5.74) is 4.24. The smallest absolute Gasteiger partial charge is 0.0692 e. The first-order valence-electron chi connectivity index (χ1n) is 6.19. The lowest BCUT2D eigenvalue weighted by Gasteiger charge is -2.22. The zero-order valence-electron chi connectivity index (χ0n) is 9.83. The molecule has 0 amide bonds. The molecule has 1 aromatic heterocycles. The Morgan fingerprint density at radius 1 is 1.38 bits per heavy atom. The minimum absolute atomic E-state index is 0.627. The van der Waals surface area contributed by atoms with Crippen LogP contribution in [0.4, 0.5) is 0 Å². The van der Waals surface area contributed by atoms with Crippen molar-refractivity contribution in [2.75, 3.05) is 19.8 Å². The summed E-state index contributed by atoms with van der Waals surface area (Å²) in [7, 11) is 2.06. The van der Waals surface area contributed by atoms with Gasteiger partial charge in [0, 0.05) is 32.7 Å². The van der Waals surface area contributed by atoms with E-state index in [9.17, 15) is 0 Å². The first kappa shape index (κ1) is 10.3. The minimum atomic E-state index is 0.627. The summed E-state index contributed by atoms with van der Waals surface area (Å²) in [6.45, 7) is 3.86. The Morgan fingerprint density at radius 2 is 2.19 bits per heavy atom. The maximum Gasteiger partial charge on any atom is 0.0692 e. The number of nitrogens with zero attached hydrogens (tertiary/aromatic N) is 2. The molecule has 88 valence electrons. The molecule has 0 atom stereocenters. The van der Waals surface area contributed by atoms with Gasteiger partial charge in [0.2, 0.25) is 0 Å². The second-order valence-corrected chi connectivity index (χ2v) is 4.75. The highest BCUT2D eigenvalue weighted by atomic mass is 16.5. The van der Waals surface area contributed by atoms with E-state index in [1.807, 2.05) is 0 Å². The molecule has 1 N–H and O–H groups in total. The quantitative estimate of drug-likeness (QED) is 0.767. The van der Waals surface area contributed by atoms with Gasteiger partial charge in [0.15, 0.2) is 0 Å². The molecular weight excluding hydrogens is 202 g/mol. The Kier molecular flexibility index (Phi) is 2.69. The van der Waals surface area contributed by atoms with E-state index in [1.54, 1.807) is 0 Å². The monoisotopic (exact) mass is 221 g/mol. The molecule has 2 aliphatic heterocycles. The van der Waals surface area contributed by atoms with Gasteiger partial charge in [-0.2, -0.15) is 5.10 Å². The predicted octanol–water partition coefficient (Wildman–Crippen LogP) is 0.960. The average molecular weight is 221 g/mol. The van der Waals surface area contributed by atoms with Crippen molar-refractivity contribution in [3.05, 3.63) is 17.0 Å². The van der Waals surface area contributed by atoms with Crippen molar-refractivity contribution in [3.63, 3.8) is 0 Å². The number of fused-ring (bicyclic) bond motifs is 1. The van der Waals surface area contributed by atoms with E-state index in [0.717, 1.165) is 45.6 Å². The van der Waals surface area contributed by atoms with Crippen LogP contribution in [-0.2, 0) is 24.8 Å². The van der Waals surface area contributed by atoms with Gasteiger partial charge >= 0.3 is 0 Å². The van der Waals surface area contributed by atoms with E-state index < -0.39 is 0 Å². The molecule has 0 bridgehead atoms. The highest BCUT2D eigenvalue weighted by molar-refractivity contribution is 5.31. The summed E-state index contributed by atoms with van der Waals surface area (Å²) in [6.07, 6.45) is 3.41. The Hall–Kier alpha value is -0.870. The van der Waals surface area contributed by atoms with Crippen LogP contribution in [0.5, 0.6) is 0 Å². The fraction of sp³-hybridized carbons (Fsp3) is 0.750. The van der Waals surface area contributed by atoms with E-state index in [1.165, 1.54) is 17.0 Å². The van der Waals surface area contributed by atoms with E-state index in [4.69, 9.17) is 9.84 Å². The van der Waals surface area contributed by atoms with Gasteiger partial charge in [-0.05, 0) is 31.4 Å². The van der Waals surface area contributed by atoms with Crippen molar-refractivity contribution in [1.82, 2.24) is 15.1 Å². The topological polar surface area (TPSA) is 39.1 Å². The maximum atomic E-state index is 5.43. The van der Waals surface area contributed by atoms with Gasteiger partial charge in [0.25, 0.3) is 0 Å². The van der Waals surface area contributed by atoms with Gasteiger partial charge in [-0.15, -0.1) is 0 Å². The SMILES string of the molecule is Cn1nc(C2CCOCC2)c2c1CNCC2. The molecule has 2 aliphatic rings. The van der Waals surface area contributed by atoms with Crippen LogP contribution in [0.3, 0.4) is 0 Å². The number of nitrogens with one attached hydrogen (secondary N) is 1. The molecular formula is C12H19N3O. The molecule has 0 saturated carbocycles. The fourth-order valence-electron chi connectivity index (χ4n) is 2.84. The molecule has 0 unspecified atom stereocenters. The predicted molar refractivity (Wildman–Crippen MR) is 61.4 cm³/mol. The van der Waals surface area contributed by atoms with Gasteiger partial charge in [-0.25, -0.2) is 0 Å². The normalized spacial score (nSPS) is 22.1. The third kappa shape index (κ3) is 1.66. The summed E-state index contributed by atoms with van der Waals surface area (Å²) < 4.78 is 7.49. The molecule has 16 heavy (non-hydrogen) atoms. The molecule has 4 nitrogen and oxygen atoms in total. The van der Waals surface area contributed by atoms with Crippen LogP contribution < -0.4 is 5.32 Å². The number of ether oxygens (including phenoxy) is 1. The number of aromatic nitrogens is 2. The zero-order valence-corrected chi connectivity index (χ0v) is 9.83. The number of hydrogen-bond acceptors (Lipinski definition) is 3. The second kappa shape index (κ2) is 4.18. The molecule has 0 radical (unpaired) electrons. The van der Waals surface area contributed by atoms with Crippen molar-refractivity contribution in [2.24, 2.45) is 7.05 Å². The lowest BCUT2D eigenvalue weighted by Crippen LogP contribution is -2.25. The van der Waals surface area contributed by atoms with Crippen LogP contribution in [0.2, 0.25) is 0 Å². The average Bonchev–Trinajstić information content (AvgIpc) is 2.69. The zero-order chi connectivity index (χ0) is 11.0. The largest absolute Gasteiger partial charge is 0.381 e. The van der Waals surface area contributed by atoms with Crippen LogP contribution in [0.25, 0.3) is 0 Å². The first-order chi connectivity index (χ1) is 7.86. The molecule has 0 spiro atoms. The third-order valence-corrected chi connectivity index (χ3v) is 3.76. The van der Waals surface area contributed by atoms with Gasteiger partial charge in [0.05, 0.1) is 11.4 Å². The standard InChI is InChI=1S/C12H19N3O/c1-15-11-8-13-5-2-10(11)12(14-15)9-3-6-16-7-4-9/h9,13H,2-8H2,1H3. The summed E-state index contributed by atoms with van der Waals surface area (Å²) in [6, 6.07) is 0. The van der Waals surface area contributed by atoms with Crippen LogP contribution in [-0.4, -0.2) is 29.5 Å². The Morgan fingerprint density at radius 3 is 3.00 bits per heavy atom. The number of rotatable bonds is 1. The molecule has 3 rings (SSSR count). The summed E-state index contributed by atoms with van der Waals surface area (Å²) in [4.78, 5) is 0. The van der Waals surface area contributed by atoms with Crippen molar-refractivity contribution >= 4 is 0 Å². The molecule has 3 heterocycles. The number of hydrogen-bond donors (Lipinski definition) is 1. The van der Waals surface area contributed by atoms with Crippen molar-refractivity contribution in [1.29, 1.82) is 0 Å². The van der Waals surface area contributed by atoms with Gasteiger partial charge in [-0.1, -0.05) is 0 Å². The van der Waals surface area contributed by atoms with E-state index in [-0.39, 0.29) is 0 Å². The lowest BCUT2D eigenvalue weighted by atomic mass is 9.91. The maximum absolute atomic E-state index is 5.43. The van der Waals surface area contributed by atoms with E-state index in [0.29, 0.717) is 5.92 Å². The van der Waals surface area contributed by atoms with Gasteiger partial charge in [0.1, 0.15) is 0 Å². The molecule has 1 aromatic rings. The Labute approximate surface area is 96.0 Å². The van der Waals surface area contributed by atoms with Crippen LogP contribution in [0, 0.1) is 0 Å². The lowest BCUT2D eigenvalue weighted by molar-refractivity contribution is 0.0842. The highest BCUT2D eigenvalue weighted by Gasteiger charge is 2.26. The molecule has 0 aliphatic carbocycles. The fourth-order valence-corrected chi connectivity index (χ4v) is 2.84. The van der Waals surface area contributed by atoms with Crippen molar-refractivity contribution in [3.8, 4) is 0 Å². The Bertz CT molecular complexity index is 380. The van der Waals surface area contributed by atoms with E-state index in [2.05, 4.69) is 17.0 Å². The number of aryl methyl sites for hydroxylation is 1. The Balaban J connectivity index is 1.93. The highest BCUT2D eigenvalue weighted by Crippen LogP contribution is 2.31. The third-order valence-electron chi connectivity index (χ3n) is 3.76. The first-order valence-corrected chi connectivity index (χ1v) is 6.19. The summed E-state index contributed by atoms with van der Waals surface area (Å²) >= 11 is 0. The molecule has 1 saturated heterocycles. The molecule has 4 heteroatoms. The van der Waals surface area contributed by atoms with Gasteiger partial charge in [-0.3, -0.25) is 4.68 Å². The van der Waals surface area contributed by atoms with Crippen molar-refractivity contribution < 1.29 is 4.74 Å². The van der Waals surface area contributed by atoms with Crippen LogP contribution >= 0.6 is 0 Å². The van der Waals surface area contributed by atoms with Crippen molar-refractivity contribution in [2.45, 2.75) is 31.7 Å². The molecule has 1 fully saturated rings. The minimum Gasteiger partial charge on any atom is -0.381 e. The van der Waals surface area contributed by atoms with Crippen LogP contribution in [0.15, 0.2) is 0 Å². The molecule has 0 aromatic carbocycles. The van der Waals surface area contributed by atoms with Crippen LogP contribution in [0.1, 0.15) is 35.7 Å². The van der Waals surface area contributed by atoms with E-state index >= 15 is 0 Å². The van der Waals surface area contributed by atoms with Gasteiger partial charge < -0.3 is 10.1 Å².